The molecule has 0 saturated carbocycles. The summed E-state index contributed by atoms with van der Waals surface area (Å²) in [6, 6.07) is 7.21. The van der Waals surface area contributed by atoms with E-state index in [0.717, 1.165) is 19.6 Å². The summed E-state index contributed by atoms with van der Waals surface area (Å²) >= 11 is 0. The van der Waals surface area contributed by atoms with Crippen LogP contribution in [0.15, 0.2) is 18.2 Å². The van der Waals surface area contributed by atoms with E-state index in [1.807, 2.05) is 0 Å². The van der Waals surface area contributed by atoms with E-state index in [2.05, 4.69) is 63.0 Å². The number of nitrogens with one attached hydrogen (secondary N) is 1. The first-order valence-corrected chi connectivity index (χ1v) is 6.93. The maximum absolute atomic E-state index is 3.61. The third kappa shape index (κ3) is 2.93. The molecule has 1 aliphatic rings. The fourth-order valence-electron chi connectivity index (χ4n) is 2.79. The highest BCUT2D eigenvalue weighted by Gasteiger charge is 2.30. The number of hydrogen-bond acceptors (Lipinski definition) is 2. The molecule has 2 heteroatoms. The number of aryl methyl sites for hydroxylation is 2. The lowest BCUT2D eigenvalue weighted by molar-refractivity contribution is 0.0974. The van der Waals surface area contributed by atoms with Gasteiger partial charge in [0.05, 0.1) is 0 Å². The number of hydrogen-bond donors (Lipinski definition) is 1. The average molecular weight is 246 g/mol. The van der Waals surface area contributed by atoms with E-state index in [4.69, 9.17) is 0 Å². The molecule has 1 saturated heterocycles. The molecule has 1 aromatic carbocycles. The van der Waals surface area contributed by atoms with Crippen LogP contribution in [0.4, 0.5) is 0 Å². The molecule has 0 radical (unpaired) electrons. The Labute approximate surface area is 111 Å². The van der Waals surface area contributed by atoms with Gasteiger partial charge in [-0.05, 0) is 51.3 Å². The van der Waals surface area contributed by atoms with Crippen LogP contribution in [0.1, 0.15) is 37.5 Å². The minimum absolute atomic E-state index is 0.225. The Bertz CT molecular complexity index is 403. The molecule has 0 spiro atoms. The predicted molar refractivity (Wildman–Crippen MR) is 77.9 cm³/mol. The molecule has 1 atom stereocenters. The van der Waals surface area contributed by atoms with E-state index in [0.29, 0.717) is 6.04 Å². The zero-order valence-corrected chi connectivity index (χ0v) is 12.4. The minimum Gasteiger partial charge on any atom is -0.309 e. The first-order valence-electron chi connectivity index (χ1n) is 6.93. The van der Waals surface area contributed by atoms with Crippen LogP contribution in [0.3, 0.4) is 0 Å². The number of piperazine rings is 1. The van der Waals surface area contributed by atoms with E-state index in [1.54, 1.807) is 0 Å². The Morgan fingerprint density at radius 1 is 1.28 bits per heavy atom. The van der Waals surface area contributed by atoms with Gasteiger partial charge in [0.1, 0.15) is 0 Å². The molecule has 2 rings (SSSR count). The first kappa shape index (κ1) is 13.6. The molecule has 18 heavy (non-hydrogen) atoms. The average Bonchev–Trinajstić information content (AvgIpc) is 2.28. The van der Waals surface area contributed by atoms with Crippen LogP contribution in [-0.2, 0) is 6.54 Å². The van der Waals surface area contributed by atoms with E-state index in [1.165, 1.54) is 16.7 Å². The molecule has 1 heterocycles. The summed E-state index contributed by atoms with van der Waals surface area (Å²) in [6.07, 6.45) is 0. The van der Waals surface area contributed by atoms with Gasteiger partial charge in [-0.15, -0.1) is 0 Å². The molecule has 0 aromatic heterocycles. The molecule has 1 N–H and O–H groups in total. The first-order chi connectivity index (χ1) is 8.39. The van der Waals surface area contributed by atoms with Crippen molar-refractivity contribution in [2.24, 2.45) is 0 Å². The molecule has 1 aliphatic heterocycles. The quantitative estimate of drug-likeness (QED) is 0.863. The topological polar surface area (TPSA) is 15.3 Å². The second-order valence-electron chi connectivity index (χ2n) is 6.39. The zero-order chi connectivity index (χ0) is 13.3. The molecule has 2 nitrogen and oxygen atoms in total. The van der Waals surface area contributed by atoms with Crippen molar-refractivity contribution in [2.45, 2.75) is 52.7 Å². The van der Waals surface area contributed by atoms with Crippen molar-refractivity contribution in [1.29, 1.82) is 0 Å². The van der Waals surface area contributed by atoms with Crippen molar-refractivity contribution in [2.75, 3.05) is 13.1 Å². The van der Waals surface area contributed by atoms with Crippen molar-refractivity contribution in [1.82, 2.24) is 10.2 Å². The van der Waals surface area contributed by atoms with Crippen LogP contribution >= 0.6 is 0 Å². The summed E-state index contributed by atoms with van der Waals surface area (Å²) in [6.45, 7) is 14.6. The second kappa shape index (κ2) is 5.02. The Kier molecular flexibility index (Phi) is 3.79. The van der Waals surface area contributed by atoms with Crippen molar-refractivity contribution in [3.05, 3.63) is 34.9 Å². The van der Waals surface area contributed by atoms with Crippen LogP contribution in [0.25, 0.3) is 0 Å². The van der Waals surface area contributed by atoms with E-state index in [-0.39, 0.29) is 5.54 Å². The highest BCUT2D eigenvalue weighted by atomic mass is 15.2. The molecule has 1 fully saturated rings. The third-order valence-corrected chi connectivity index (χ3v) is 4.10. The predicted octanol–water partition coefficient (Wildman–Crippen LogP) is 2.88. The van der Waals surface area contributed by atoms with Gasteiger partial charge in [-0.25, -0.2) is 0 Å². The molecule has 0 aliphatic carbocycles. The Hall–Kier alpha value is -0.860. The summed E-state index contributed by atoms with van der Waals surface area (Å²) in [7, 11) is 0. The molecule has 100 valence electrons. The highest BCUT2D eigenvalue weighted by Crippen LogP contribution is 2.21. The van der Waals surface area contributed by atoms with Crippen molar-refractivity contribution >= 4 is 0 Å². The smallest absolute Gasteiger partial charge is 0.0253 e. The van der Waals surface area contributed by atoms with Crippen LogP contribution in [-0.4, -0.2) is 29.6 Å². The molecular weight excluding hydrogens is 220 g/mol. The second-order valence-corrected chi connectivity index (χ2v) is 6.39. The van der Waals surface area contributed by atoms with Crippen LogP contribution < -0.4 is 5.32 Å². The zero-order valence-electron chi connectivity index (χ0n) is 12.4. The Balaban J connectivity index is 2.17. The van der Waals surface area contributed by atoms with Gasteiger partial charge < -0.3 is 5.32 Å². The van der Waals surface area contributed by atoms with Gasteiger partial charge in [0.15, 0.2) is 0 Å². The van der Waals surface area contributed by atoms with Crippen molar-refractivity contribution in [3.8, 4) is 0 Å². The van der Waals surface area contributed by atoms with Crippen molar-refractivity contribution < 1.29 is 0 Å². The van der Waals surface area contributed by atoms with E-state index >= 15 is 0 Å². The van der Waals surface area contributed by atoms with Crippen LogP contribution in [0.2, 0.25) is 0 Å². The van der Waals surface area contributed by atoms with E-state index < -0.39 is 0 Å². The normalized spacial score (nSPS) is 24.2. The summed E-state index contributed by atoms with van der Waals surface area (Å²) < 4.78 is 0. The van der Waals surface area contributed by atoms with Gasteiger partial charge in [0, 0.05) is 31.2 Å². The monoisotopic (exact) mass is 246 g/mol. The summed E-state index contributed by atoms with van der Waals surface area (Å²) in [4.78, 5) is 2.60. The lowest BCUT2D eigenvalue weighted by Crippen LogP contribution is -2.60. The molecule has 1 unspecified atom stereocenters. The molecule has 0 amide bonds. The molecule has 0 bridgehead atoms. The highest BCUT2D eigenvalue weighted by molar-refractivity contribution is 5.33. The van der Waals surface area contributed by atoms with Gasteiger partial charge in [0.25, 0.3) is 0 Å². The van der Waals surface area contributed by atoms with E-state index in [9.17, 15) is 0 Å². The lowest BCUT2D eigenvalue weighted by atomic mass is 9.96. The number of benzene rings is 1. The van der Waals surface area contributed by atoms with Crippen LogP contribution in [0, 0.1) is 13.8 Å². The standard InChI is InChI=1S/C16H26N2/c1-12-7-6-8-13(2)15(12)10-18-11-16(4,5)17-9-14(18)3/h6-8,14,17H,9-11H2,1-5H3. The lowest BCUT2D eigenvalue weighted by Gasteiger charge is -2.43. The summed E-state index contributed by atoms with van der Waals surface area (Å²) in [5, 5.41) is 3.61. The molecular formula is C16H26N2. The van der Waals surface area contributed by atoms with Gasteiger partial charge in [0.2, 0.25) is 0 Å². The van der Waals surface area contributed by atoms with Crippen LogP contribution in [0.5, 0.6) is 0 Å². The Morgan fingerprint density at radius 2 is 1.89 bits per heavy atom. The minimum atomic E-state index is 0.225. The number of rotatable bonds is 2. The fourth-order valence-corrected chi connectivity index (χ4v) is 2.79. The SMILES string of the molecule is Cc1cccc(C)c1CN1CC(C)(C)NCC1C. The Morgan fingerprint density at radius 3 is 2.50 bits per heavy atom. The van der Waals surface area contributed by atoms with Gasteiger partial charge in [-0.3, -0.25) is 4.90 Å². The maximum atomic E-state index is 3.61. The van der Waals surface area contributed by atoms with Gasteiger partial charge in [-0.2, -0.15) is 0 Å². The van der Waals surface area contributed by atoms with Gasteiger partial charge in [-0.1, -0.05) is 18.2 Å². The third-order valence-electron chi connectivity index (χ3n) is 4.10. The number of nitrogens with zero attached hydrogens (tertiary/aromatic N) is 1. The molecule has 1 aromatic rings. The van der Waals surface area contributed by atoms with Crippen molar-refractivity contribution in [3.63, 3.8) is 0 Å². The van der Waals surface area contributed by atoms with Gasteiger partial charge >= 0.3 is 0 Å². The fraction of sp³-hybridized carbons (Fsp3) is 0.625. The largest absolute Gasteiger partial charge is 0.309 e. The summed E-state index contributed by atoms with van der Waals surface area (Å²) in [5.74, 6) is 0. The summed E-state index contributed by atoms with van der Waals surface area (Å²) in [5.41, 5.74) is 4.56. The maximum Gasteiger partial charge on any atom is 0.0253 e.